The van der Waals surface area contributed by atoms with Crippen molar-refractivity contribution < 1.29 is 4.79 Å². The van der Waals surface area contributed by atoms with E-state index in [1.54, 1.807) is 6.08 Å². The fourth-order valence-electron chi connectivity index (χ4n) is 0.832. The summed E-state index contributed by atoms with van der Waals surface area (Å²) in [5.74, 6) is -0.0933. The third-order valence-corrected chi connectivity index (χ3v) is 1.66. The molecule has 0 aromatic heterocycles. The molecule has 0 bridgehead atoms. The van der Waals surface area contributed by atoms with Crippen molar-refractivity contribution in [3.63, 3.8) is 0 Å². The van der Waals surface area contributed by atoms with Crippen LogP contribution in [0.2, 0.25) is 0 Å². The molecule has 0 rings (SSSR count). The van der Waals surface area contributed by atoms with Gasteiger partial charge in [0, 0.05) is 6.04 Å². The van der Waals surface area contributed by atoms with Crippen LogP contribution in [0, 0.1) is 0 Å². The Bertz CT molecular complexity index is 157. The molecule has 70 valence electrons. The van der Waals surface area contributed by atoms with Crippen LogP contribution in [-0.2, 0) is 4.79 Å². The largest absolute Gasteiger partial charge is 0.349 e. The Morgan fingerprint density at radius 1 is 1.75 bits per heavy atom. The van der Waals surface area contributed by atoms with Crippen molar-refractivity contribution in [1.29, 1.82) is 0 Å². The predicted molar refractivity (Wildman–Crippen MR) is 50.7 cm³/mol. The zero-order valence-electron chi connectivity index (χ0n) is 7.84. The maximum Gasteiger partial charge on any atom is 0.237 e. The average Bonchev–Trinajstić information content (AvgIpc) is 2.04. The molecule has 0 saturated carbocycles. The van der Waals surface area contributed by atoms with E-state index in [0.717, 1.165) is 12.8 Å². The maximum atomic E-state index is 11.2. The van der Waals surface area contributed by atoms with Crippen LogP contribution >= 0.6 is 0 Å². The molecule has 0 saturated heterocycles. The van der Waals surface area contributed by atoms with E-state index in [9.17, 15) is 4.79 Å². The summed E-state index contributed by atoms with van der Waals surface area (Å²) < 4.78 is 0. The number of rotatable bonds is 5. The van der Waals surface area contributed by atoms with E-state index in [0.29, 0.717) is 0 Å². The van der Waals surface area contributed by atoms with Crippen molar-refractivity contribution in [1.82, 2.24) is 5.32 Å². The number of nitrogens with one attached hydrogen (secondary N) is 1. The van der Waals surface area contributed by atoms with Crippen LogP contribution < -0.4 is 11.1 Å². The fraction of sp³-hybridized carbons (Fsp3) is 0.667. The molecule has 1 amide bonds. The number of nitrogens with two attached hydrogens (primary N) is 1. The highest BCUT2D eigenvalue weighted by Crippen LogP contribution is 1.94. The minimum Gasteiger partial charge on any atom is -0.349 e. The van der Waals surface area contributed by atoms with Gasteiger partial charge < -0.3 is 11.1 Å². The van der Waals surface area contributed by atoms with Gasteiger partial charge in [-0.3, -0.25) is 4.79 Å². The Kier molecular flexibility index (Phi) is 5.37. The van der Waals surface area contributed by atoms with Crippen LogP contribution in [0.25, 0.3) is 0 Å². The summed E-state index contributed by atoms with van der Waals surface area (Å²) in [6.07, 6.45) is 3.34. The molecule has 0 aliphatic carbocycles. The topological polar surface area (TPSA) is 55.1 Å². The highest BCUT2D eigenvalue weighted by atomic mass is 16.2. The van der Waals surface area contributed by atoms with Gasteiger partial charge in [-0.25, -0.2) is 0 Å². The first kappa shape index (κ1) is 11.2. The molecule has 12 heavy (non-hydrogen) atoms. The van der Waals surface area contributed by atoms with Gasteiger partial charge in [-0.05, 0) is 13.3 Å². The van der Waals surface area contributed by atoms with E-state index in [1.807, 2.05) is 13.8 Å². The van der Waals surface area contributed by atoms with Crippen molar-refractivity contribution in [3.05, 3.63) is 12.7 Å². The zero-order valence-corrected chi connectivity index (χ0v) is 7.84. The Morgan fingerprint density at radius 2 is 2.33 bits per heavy atom. The van der Waals surface area contributed by atoms with Gasteiger partial charge in [0.2, 0.25) is 5.91 Å². The second-order valence-corrected chi connectivity index (χ2v) is 2.93. The number of carbonyl (C=O) groups is 1. The molecule has 2 atom stereocenters. The Morgan fingerprint density at radius 3 is 2.75 bits per heavy atom. The predicted octanol–water partition coefficient (Wildman–Crippen LogP) is 0.804. The highest BCUT2D eigenvalue weighted by molar-refractivity contribution is 5.81. The van der Waals surface area contributed by atoms with Gasteiger partial charge in [0.25, 0.3) is 0 Å². The molecule has 0 fully saturated rings. The van der Waals surface area contributed by atoms with Gasteiger partial charge in [0.15, 0.2) is 0 Å². The van der Waals surface area contributed by atoms with E-state index in [1.165, 1.54) is 0 Å². The lowest BCUT2D eigenvalue weighted by molar-refractivity contribution is -0.122. The summed E-state index contributed by atoms with van der Waals surface area (Å²) in [4.78, 5) is 11.2. The van der Waals surface area contributed by atoms with Crippen LogP contribution in [0.1, 0.15) is 26.7 Å². The maximum absolute atomic E-state index is 11.2. The van der Waals surface area contributed by atoms with Crippen LogP contribution in [0.5, 0.6) is 0 Å². The molecule has 3 heteroatoms. The molecule has 1 unspecified atom stereocenters. The van der Waals surface area contributed by atoms with Crippen molar-refractivity contribution in [2.45, 2.75) is 38.8 Å². The van der Waals surface area contributed by atoms with Gasteiger partial charge >= 0.3 is 0 Å². The average molecular weight is 170 g/mol. The lowest BCUT2D eigenvalue weighted by Gasteiger charge is -2.13. The van der Waals surface area contributed by atoms with E-state index < -0.39 is 0 Å². The lowest BCUT2D eigenvalue weighted by atomic mass is 10.1. The Labute approximate surface area is 74.0 Å². The highest BCUT2D eigenvalue weighted by Gasteiger charge is 2.12. The number of hydrogen-bond donors (Lipinski definition) is 2. The van der Waals surface area contributed by atoms with Gasteiger partial charge in [0.1, 0.15) is 0 Å². The fourth-order valence-corrected chi connectivity index (χ4v) is 0.832. The van der Waals surface area contributed by atoms with Gasteiger partial charge in [-0.15, -0.1) is 6.58 Å². The minimum absolute atomic E-state index is 0.000376. The molecule has 0 radical (unpaired) electrons. The Hall–Kier alpha value is -0.830. The second-order valence-electron chi connectivity index (χ2n) is 2.93. The summed E-state index contributed by atoms with van der Waals surface area (Å²) in [6, 6.07) is -0.377. The molecule has 0 aromatic rings. The monoisotopic (exact) mass is 170 g/mol. The second kappa shape index (κ2) is 5.77. The summed E-state index contributed by atoms with van der Waals surface area (Å²) >= 11 is 0. The molecule has 3 N–H and O–H groups in total. The van der Waals surface area contributed by atoms with Crippen LogP contribution in [-0.4, -0.2) is 18.0 Å². The molecule has 0 aliphatic heterocycles. The molecule has 3 nitrogen and oxygen atoms in total. The molecule has 0 heterocycles. The molecule has 0 aromatic carbocycles. The SMILES string of the molecule is C=CC(C)NC(=O)[C@@H](N)CCC. The molecular formula is C9H18N2O. The van der Waals surface area contributed by atoms with E-state index in [-0.39, 0.29) is 18.0 Å². The minimum atomic E-state index is -0.377. The summed E-state index contributed by atoms with van der Waals surface area (Å²) in [6.45, 7) is 7.43. The van der Waals surface area contributed by atoms with Crippen molar-refractivity contribution in [2.75, 3.05) is 0 Å². The lowest BCUT2D eigenvalue weighted by Crippen LogP contribution is -2.43. The van der Waals surface area contributed by atoms with E-state index in [2.05, 4.69) is 11.9 Å². The first-order valence-electron chi connectivity index (χ1n) is 4.30. The molecule has 0 spiro atoms. The van der Waals surface area contributed by atoms with Crippen LogP contribution in [0.3, 0.4) is 0 Å². The molecular weight excluding hydrogens is 152 g/mol. The summed E-state index contributed by atoms with van der Waals surface area (Å²) in [5.41, 5.74) is 5.58. The quantitative estimate of drug-likeness (QED) is 0.600. The zero-order chi connectivity index (χ0) is 9.56. The number of hydrogen-bond acceptors (Lipinski definition) is 2. The third-order valence-electron chi connectivity index (χ3n) is 1.66. The van der Waals surface area contributed by atoms with Crippen molar-refractivity contribution in [2.24, 2.45) is 5.73 Å². The summed E-state index contributed by atoms with van der Waals surface area (Å²) in [7, 11) is 0. The smallest absolute Gasteiger partial charge is 0.237 e. The summed E-state index contributed by atoms with van der Waals surface area (Å²) in [5, 5.41) is 2.73. The standard InChI is InChI=1S/C9H18N2O/c1-4-6-8(10)9(12)11-7(3)5-2/h5,7-8H,2,4,6,10H2,1,3H3,(H,11,12)/t7?,8-/m0/s1. The Balaban J connectivity index is 3.78. The van der Waals surface area contributed by atoms with Crippen LogP contribution in [0.15, 0.2) is 12.7 Å². The van der Waals surface area contributed by atoms with Crippen LogP contribution in [0.4, 0.5) is 0 Å². The van der Waals surface area contributed by atoms with E-state index in [4.69, 9.17) is 5.73 Å². The van der Waals surface area contributed by atoms with Crippen molar-refractivity contribution >= 4 is 5.91 Å². The molecule has 0 aliphatic rings. The van der Waals surface area contributed by atoms with Crippen molar-refractivity contribution in [3.8, 4) is 0 Å². The number of carbonyl (C=O) groups excluding carboxylic acids is 1. The normalized spacial score (nSPS) is 14.9. The first-order chi connectivity index (χ1) is 5.61. The van der Waals surface area contributed by atoms with Gasteiger partial charge in [-0.1, -0.05) is 19.4 Å². The number of amides is 1. The van der Waals surface area contributed by atoms with Gasteiger partial charge in [0.05, 0.1) is 6.04 Å². The van der Waals surface area contributed by atoms with E-state index >= 15 is 0 Å². The first-order valence-corrected chi connectivity index (χ1v) is 4.30. The van der Waals surface area contributed by atoms with Gasteiger partial charge in [-0.2, -0.15) is 0 Å². The third kappa shape index (κ3) is 4.13.